The highest BCUT2D eigenvalue weighted by atomic mass is 35.5. The first kappa shape index (κ1) is 15.1. The van der Waals surface area contributed by atoms with E-state index in [9.17, 15) is 8.78 Å². The average molecular weight is 331 g/mol. The van der Waals surface area contributed by atoms with Crippen molar-refractivity contribution in [2.75, 3.05) is 11.1 Å². The Morgan fingerprint density at radius 3 is 2.95 bits per heavy atom. The number of amidine groups is 1. The third-order valence-corrected chi connectivity index (χ3v) is 5.57. The molecule has 1 aromatic rings. The van der Waals surface area contributed by atoms with Crippen molar-refractivity contribution in [1.82, 2.24) is 0 Å². The lowest BCUT2D eigenvalue weighted by Crippen LogP contribution is -2.33. The monoisotopic (exact) mass is 330 g/mol. The van der Waals surface area contributed by atoms with E-state index in [2.05, 4.69) is 12.2 Å². The Morgan fingerprint density at radius 1 is 1.43 bits per heavy atom. The number of benzene rings is 1. The largest absolute Gasteiger partial charge is 0.331 e. The molecule has 2 nitrogen and oxygen atoms in total. The molecule has 1 saturated carbocycles. The molecule has 1 heterocycles. The van der Waals surface area contributed by atoms with Crippen molar-refractivity contribution < 1.29 is 8.78 Å². The summed E-state index contributed by atoms with van der Waals surface area (Å²) in [4.78, 5) is 4.78. The highest BCUT2D eigenvalue weighted by molar-refractivity contribution is 8.14. The van der Waals surface area contributed by atoms with Crippen molar-refractivity contribution in [2.24, 2.45) is 10.9 Å². The minimum atomic E-state index is -0.693. The van der Waals surface area contributed by atoms with Crippen molar-refractivity contribution in [3.8, 4) is 0 Å². The smallest absolute Gasteiger partial charge is 0.161 e. The van der Waals surface area contributed by atoms with Crippen LogP contribution < -0.4 is 5.32 Å². The number of thioether (sulfide) groups is 1. The second kappa shape index (κ2) is 5.76. The molecule has 21 heavy (non-hydrogen) atoms. The normalized spacial score (nSPS) is 28.8. The van der Waals surface area contributed by atoms with Gasteiger partial charge in [-0.25, -0.2) is 8.78 Å². The van der Waals surface area contributed by atoms with Gasteiger partial charge in [0, 0.05) is 11.8 Å². The van der Waals surface area contributed by atoms with E-state index in [-0.39, 0.29) is 16.2 Å². The number of anilines is 1. The van der Waals surface area contributed by atoms with Crippen LogP contribution in [0.2, 0.25) is 5.02 Å². The molecule has 2 unspecified atom stereocenters. The summed E-state index contributed by atoms with van der Waals surface area (Å²) in [5, 5.41) is 3.64. The summed E-state index contributed by atoms with van der Waals surface area (Å²) in [6.07, 6.45) is 4.59. The SMILES string of the molecule is CC1CCCC2(CSC(Nc3c(F)cc(F)cc3Cl)=N2)C1. The third-order valence-electron chi connectivity index (χ3n) is 4.12. The molecule has 0 bridgehead atoms. The molecule has 114 valence electrons. The zero-order valence-electron chi connectivity index (χ0n) is 11.8. The fraction of sp³-hybridized carbons (Fsp3) is 0.533. The fourth-order valence-electron chi connectivity index (χ4n) is 3.18. The second-order valence-corrected chi connectivity index (χ2v) is 7.37. The van der Waals surface area contributed by atoms with Gasteiger partial charge in [0.1, 0.15) is 5.82 Å². The molecule has 2 atom stereocenters. The predicted molar refractivity (Wildman–Crippen MR) is 85.2 cm³/mol. The van der Waals surface area contributed by atoms with Crippen molar-refractivity contribution in [2.45, 2.75) is 38.1 Å². The molecule has 3 rings (SSSR count). The first-order chi connectivity index (χ1) is 9.97. The second-order valence-electron chi connectivity index (χ2n) is 6.00. The van der Waals surface area contributed by atoms with Gasteiger partial charge in [-0.3, -0.25) is 4.99 Å². The number of aliphatic imine (C=N–C) groups is 1. The van der Waals surface area contributed by atoms with E-state index >= 15 is 0 Å². The first-order valence-corrected chi connectivity index (χ1v) is 8.48. The number of halogens is 3. The Bertz CT molecular complexity index is 570. The molecule has 1 spiro atoms. The maximum atomic E-state index is 13.8. The van der Waals surface area contributed by atoms with Gasteiger partial charge in [-0.2, -0.15) is 0 Å². The van der Waals surface area contributed by atoms with Crippen LogP contribution in [0.25, 0.3) is 0 Å². The Hall–Kier alpha value is -0.810. The van der Waals surface area contributed by atoms with E-state index in [4.69, 9.17) is 16.6 Å². The molecular formula is C15H17ClF2N2S. The Morgan fingerprint density at radius 2 is 2.24 bits per heavy atom. The van der Waals surface area contributed by atoms with Gasteiger partial charge in [0.25, 0.3) is 0 Å². The van der Waals surface area contributed by atoms with Crippen molar-refractivity contribution in [1.29, 1.82) is 0 Å². The lowest BCUT2D eigenvalue weighted by atomic mass is 9.78. The minimum Gasteiger partial charge on any atom is -0.331 e. The van der Waals surface area contributed by atoms with Crippen LogP contribution in [0.1, 0.15) is 32.6 Å². The van der Waals surface area contributed by atoms with Crippen molar-refractivity contribution in [3.63, 3.8) is 0 Å². The number of hydrogen-bond donors (Lipinski definition) is 1. The van der Waals surface area contributed by atoms with Gasteiger partial charge in [-0.1, -0.05) is 43.1 Å². The van der Waals surface area contributed by atoms with Crippen LogP contribution in [-0.4, -0.2) is 16.5 Å². The fourth-order valence-corrected chi connectivity index (χ4v) is 4.59. The average Bonchev–Trinajstić information content (AvgIpc) is 2.76. The van der Waals surface area contributed by atoms with Gasteiger partial charge < -0.3 is 5.32 Å². The number of nitrogens with zero attached hydrogens (tertiary/aromatic N) is 1. The Balaban J connectivity index is 1.80. The van der Waals surface area contributed by atoms with Gasteiger partial charge >= 0.3 is 0 Å². The third kappa shape index (κ3) is 3.19. The van der Waals surface area contributed by atoms with E-state index in [1.165, 1.54) is 12.8 Å². The zero-order valence-corrected chi connectivity index (χ0v) is 13.3. The summed E-state index contributed by atoms with van der Waals surface area (Å²) in [5.74, 6) is 0.219. The summed E-state index contributed by atoms with van der Waals surface area (Å²) in [7, 11) is 0. The lowest BCUT2D eigenvalue weighted by molar-refractivity contribution is 0.266. The Labute approximate surface area is 132 Å². The molecule has 1 N–H and O–H groups in total. The lowest BCUT2D eigenvalue weighted by Gasteiger charge is -2.33. The molecule has 0 aromatic heterocycles. The van der Waals surface area contributed by atoms with Crippen LogP contribution in [0.15, 0.2) is 17.1 Å². The molecule has 1 aliphatic heterocycles. The van der Waals surface area contributed by atoms with Gasteiger partial charge in [0.15, 0.2) is 11.0 Å². The van der Waals surface area contributed by atoms with E-state index in [0.717, 1.165) is 30.7 Å². The standard InChI is InChI=1S/C15H17ClF2N2S/c1-9-3-2-4-15(7-9)8-21-14(20-15)19-13-11(16)5-10(17)6-12(13)18/h5-6,9H,2-4,7-8H2,1H3,(H,19,20). The van der Waals surface area contributed by atoms with Crippen LogP contribution >= 0.6 is 23.4 Å². The van der Waals surface area contributed by atoms with Gasteiger partial charge in [0.05, 0.1) is 16.2 Å². The predicted octanol–water partition coefficient (Wildman–Crippen LogP) is 5.08. The molecule has 0 radical (unpaired) electrons. The maximum absolute atomic E-state index is 13.8. The van der Waals surface area contributed by atoms with Crippen LogP contribution in [0, 0.1) is 17.6 Å². The zero-order chi connectivity index (χ0) is 15.0. The van der Waals surface area contributed by atoms with E-state index < -0.39 is 11.6 Å². The molecule has 1 fully saturated rings. The van der Waals surface area contributed by atoms with Crippen molar-refractivity contribution >= 4 is 34.2 Å². The van der Waals surface area contributed by atoms with E-state index in [0.29, 0.717) is 11.1 Å². The van der Waals surface area contributed by atoms with E-state index in [1.807, 2.05) is 0 Å². The summed E-state index contributed by atoms with van der Waals surface area (Å²) in [5.41, 5.74) is 0.0819. The van der Waals surface area contributed by atoms with Crippen LogP contribution in [0.4, 0.5) is 14.5 Å². The highest BCUT2D eigenvalue weighted by Gasteiger charge is 2.39. The van der Waals surface area contributed by atoms with Gasteiger partial charge in [0.2, 0.25) is 0 Å². The summed E-state index contributed by atoms with van der Waals surface area (Å²) in [6.45, 7) is 2.25. The molecule has 1 aromatic carbocycles. The summed E-state index contributed by atoms with van der Waals surface area (Å²) in [6, 6.07) is 1.93. The minimum absolute atomic E-state index is 0.0202. The van der Waals surface area contributed by atoms with Crippen LogP contribution in [-0.2, 0) is 0 Å². The molecule has 2 aliphatic rings. The highest BCUT2D eigenvalue weighted by Crippen LogP contribution is 2.42. The molecule has 6 heteroatoms. The summed E-state index contributed by atoms with van der Waals surface area (Å²) < 4.78 is 26.9. The van der Waals surface area contributed by atoms with E-state index in [1.54, 1.807) is 11.8 Å². The maximum Gasteiger partial charge on any atom is 0.161 e. The van der Waals surface area contributed by atoms with Crippen LogP contribution in [0.5, 0.6) is 0 Å². The van der Waals surface area contributed by atoms with Gasteiger partial charge in [-0.05, 0) is 24.8 Å². The van der Waals surface area contributed by atoms with Crippen LogP contribution in [0.3, 0.4) is 0 Å². The number of rotatable bonds is 1. The van der Waals surface area contributed by atoms with Crippen molar-refractivity contribution in [3.05, 3.63) is 28.8 Å². The Kier molecular flexibility index (Phi) is 4.14. The molecule has 0 saturated heterocycles. The first-order valence-electron chi connectivity index (χ1n) is 7.12. The van der Waals surface area contributed by atoms with Gasteiger partial charge in [-0.15, -0.1) is 0 Å². The topological polar surface area (TPSA) is 24.4 Å². The number of nitrogens with one attached hydrogen (secondary N) is 1. The molecule has 0 amide bonds. The summed E-state index contributed by atoms with van der Waals surface area (Å²) >= 11 is 7.49. The number of hydrogen-bond acceptors (Lipinski definition) is 3. The molecule has 1 aliphatic carbocycles. The quantitative estimate of drug-likeness (QED) is 0.776. The molecular weight excluding hydrogens is 314 g/mol.